The molecule has 0 aliphatic carbocycles. The van der Waals surface area contributed by atoms with Gasteiger partial charge in [0.25, 0.3) is 0 Å². The second-order valence-corrected chi connectivity index (χ2v) is 3.58. The molecule has 0 fully saturated rings. The number of alkyl halides is 1. The number of benzene rings is 1. The minimum atomic E-state index is -0.175. The highest BCUT2D eigenvalue weighted by atomic mass is 35.5. The normalized spacial score (nSPS) is 9.40. The maximum Gasteiger partial charge on any atom is 0.225 e. The number of carbonyl (C=O) groups excluding carboxylic acids is 1. The molecule has 0 heterocycles. The number of amides is 1. The summed E-state index contributed by atoms with van der Waals surface area (Å²) < 4.78 is 0. The van der Waals surface area contributed by atoms with Crippen LogP contribution in [-0.2, 0) is 4.79 Å². The van der Waals surface area contributed by atoms with Gasteiger partial charge in [0.15, 0.2) is 0 Å². The Kier molecular flexibility index (Phi) is 4.41. The van der Waals surface area contributed by atoms with E-state index in [9.17, 15) is 4.79 Å². The SMILES string of the molecule is N#Cc1ccc(NC(=O)CCCl)cc1Cl. The third-order valence-electron chi connectivity index (χ3n) is 1.69. The van der Waals surface area contributed by atoms with Gasteiger partial charge in [-0.15, -0.1) is 11.6 Å². The first-order chi connectivity index (χ1) is 7.17. The van der Waals surface area contributed by atoms with Crippen molar-refractivity contribution in [2.45, 2.75) is 6.42 Å². The highest BCUT2D eigenvalue weighted by Gasteiger charge is 2.04. The molecule has 0 unspecified atom stereocenters. The van der Waals surface area contributed by atoms with E-state index >= 15 is 0 Å². The van der Waals surface area contributed by atoms with Crippen molar-refractivity contribution in [2.24, 2.45) is 0 Å². The Balaban J connectivity index is 2.76. The van der Waals surface area contributed by atoms with E-state index in [1.54, 1.807) is 12.1 Å². The minimum Gasteiger partial charge on any atom is -0.326 e. The monoisotopic (exact) mass is 242 g/mol. The molecule has 0 saturated carbocycles. The van der Waals surface area contributed by atoms with Gasteiger partial charge in [0.2, 0.25) is 5.91 Å². The number of rotatable bonds is 3. The van der Waals surface area contributed by atoms with Crippen LogP contribution in [0.5, 0.6) is 0 Å². The quantitative estimate of drug-likeness (QED) is 0.830. The van der Waals surface area contributed by atoms with E-state index in [0.717, 1.165) is 0 Å². The maximum absolute atomic E-state index is 11.2. The lowest BCUT2D eigenvalue weighted by molar-refractivity contribution is -0.115. The maximum atomic E-state index is 11.2. The summed E-state index contributed by atoms with van der Waals surface area (Å²) in [4.78, 5) is 11.2. The van der Waals surface area contributed by atoms with Crippen LogP contribution in [0.4, 0.5) is 5.69 Å². The third kappa shape index (κ3) is 3.43. The van der Waals surface area contributed by atoms with Crippen LogP contribution < -0.4 is 5.32 Å². The van der Waals surface area contributed by atoms with Crippen molar-refractivity contribution in [3.63, 3.8) is 0 Å². The molecule has 0 atom stereocenters. The van der Waals surface area contributed by atoms with E-state index in [4.69, 9.17) is 28.5 Å². The van der Waals surface area contributed by atoms with Gasteiger partial charge in [-0.1, -0.05) is 11.6 Å². The first-order valence-electron chi connectivity index (χ1n) is 4.23. The van der Waals surface area contributed by atoms with Crippen molar-refractivity contribution in [1.82, 2.24) is 0 Å². The van der Waals surface area contributed by atoms with Gasteiger partial charge in [-0.25, -0.2) is 0 Å². The molecule has 0 spiro atoms. The van der Waals surface area contributed by atoms with E-state index in [0.29, 0.717) is 16.3 Å². The van der Waals surface area contributed by atoms with Crippen molar-refractivity contribution in [2.75, 3.05) is 11.2 Å². The lowest BCUT2D eigenvalue weighted by atomic mass is 10.2. The molecule has 0 aliphatic rings. The molecule has 15 heavy (non-hydrogen) atoms. The summed E-state index contributed by atoms with van der Waals surface area (Å²) in [5, 5.41) is 11.6. The zero-order chi connectivity index (χ0) is 11.3. The molecule has 0 aliphatic heterocycles. The number of carbonyl (C=O) groups is 1. The van der Waals surface area contributed by atoms with Crippen LogP contribution in [0.1, 0.15) is 12.0 Å². The lowest BCUT2D eigenvalue weighted by Gasteiger charge is -2.04. The molecule has 0 radical (unpaired) electrons. The Bertz CT molecular complexity index is 412. The molecule has 0 aromatic heterocycles. The van der Waals surface area contributed by atoms with Gasteiger partial charge in [-0.2, -0.15) is 5.26 Å². The predicted octanol–water partition coefficient (Wildman–Crippen LogP) is 2.78. The van der Waals surface area contributed by atoms with E-state index in [1.807, 2.05) is 6.07 Å². The van der Waals surface area contributed by atoms with Crippen molar-refractivity contribution >= 4 is 34.8 Å². The molecule has 1 N–H and O–H groups in total. The predicted molar refractivity (Wildman–Crippen MR) is 60.1 cm³/mol. The summed E-state index contributed by atoms with van der Waals surface area (Å²) in [5.41, 5.74) is 0.945. The van der Waals surface area contributed by atoms with Gasteiger partial charge in [-0.05, 0) is 18.2 Å². The fraction of sp³-hybridized carbons (Fsp3) is 0.200. The fourth-order valence-corrected chi connectivity index (χ4v) is 1.39. The van der Waals surface area contributed by atoms with E-state index in [1.165, 1.54) is 6.07 Å². The van der Waals surface area contributed by atoms with Crippen LogP contribution >= 0.6 is 23.2 Å². The van der Waals surface area contributed by atoms with E-state index in [2.05, 4.69) is 5.32 Å². The standard InChI is InChI=1S/C10H8Cl2N2O/c11-4-3-10(15)14-8-2-1-7(6-13)9(12)5-8/h1-2,5H,3-4H2,(H,14,15). The number of nitriles is 1. The lowest BCUT2D eigenvalue weighted by Crippen LogP contribution is -2.11. The van der Waals surface area contributed by atoms with Crippen LogP contribution in [0.15, 0.2) is 18.2 Å². The average Bonchev–Trinajstić information content (AvgIpc) is 2.18. The largest absolute Gasteiger partial charge is 0.326 e. The van der Waals surface area contributed by atoms with Crippen molar-refractivity contribution in [3.05, 3.63) is 28.8 Å². The van der Waals surface area contributed by atoms with Crippen LogP contribution in [0, 0.1) is 11.3 Å². The molecule has 5 heteroatoms. The summed E-state index contributed by atoms with van der Waals surface area (Å²) in [7, 11) is 0. The Morgan fingerprint density at radius 1 is 1.53 bits per heavy atom. The molecule has 1 rings (SSSR count). The zero-order valence-corrected chi connectivity index (χ0v) is 9.27. The van der Waals surface area contributed by atoms with Crippen LogP contribution in [0.25, 0.3) is 0 Å². The molecule has 3 nitrogen and oxygen atoms in total. The number of halogens is 2. The van der Waals surface area contributed by atoms with Gasteiger partial charge >= 0.3 is 0 Å². The first kappa shape index (κ1) is 11.8. The first-order valence-corrected chi connectivity index (χ1v) is 5.14. The van der Waals surface area contributed by atoms with Gasteiger partial charge in [0.1, 0.15) is 6.07 Å². The third-order valence-corrected chi connectivity index (χ3v) is 2.20. The zero-order valence-electron chi connectivity index (χ0n) is 7.76. The molecular weight excluding hydrogens is 235 g/mol. The van der Waals surface area contributed by atoms with Crippen molar-refractivity contribution in [1.29, 1.82) is 5.26 Å². The minimum absolute atomic E-state index is 0.175. The summed E-state index contributed by atoms with van der Waals surface area (Å²) >= 11 is 11.2. The number of nitrogens with zero attached hydrogens (tertiary/aromatic N) is 1. The summed E-state index contributed by atoms with van der Waals surface area (Å²) in [6.07, 6.45) is 0.249. The van der Waals surface area contributed by atoms with Crippen molar-refractivity contribution in [3.8, 4) is 6.07 Å². The fourth-order valence-electron chi connectivity index (χ4n) is 0.993. The number of hydrogen-bond acceptors (Lipinski definition) is 2. The molecule has 0 saturated heterocycles. The number of nitrogens with one attached hydrogen (secondary N) is 1. The highest BCUT2D eigenvalue weighted by molar-refractivity contribution is 6.32. The van der Waals surface area contributed by atoms with Crippen LogP contribution in [-0.4, -0.2) is 11.8 Å². The smallest absolute Gasteiger partial charge is 0.225 e. The van der Waals surface area contributed by atoms with E-state index in [-0.39, 0.29) is 18.2 Å². The second-order valence-electron chi connectivity index (χ2n) is 2.79. The molecular formula is C10H8Cl2N2O. The van der Waals surface area contributed by atoms with Crippen LogP contribution in [0.2, 0.25) is 5.02 Å². The summed E-state index contributed by atoms with van der Waals surface area (Å²) in [6, 6.07) is 6.64. The Labute approximate surface area is 97.6 Å². The van der Waals surface area contributed by atoms with Gasteiger partial charge in [0, 0.05) is 18.0 Å². The van der Waals surface area contributed by atoms with E-state index < -0.39 is 0 Å². The number of hydrogen-bond donors (Lipinski definition) is 1. The Morgan fingerprint density at radius 3 is 2.80 bits per heavy atom. The van der Waals surface area contributed by atoms with Crippen LogP contribution in [0.3, 0.4) is 0 Å². The molecule has 78 valence electrons. The molecule has 1 aromatic rings. The highest BCUT2D eigenvalue weighted by Crippen LogP contribution is 2.20. The topological polar surface area (TPSA) is 52.9 Å². The average molecular weight is 243 g/mol. The Hall–Kier alpha value is -1.24. The molecule has 1 aromatic carbocycles. The molecule has 1 amide bonds. The summed E-state index contributed by atoms with van der Waals surface area (Å²) in [5.74, 6) is 0.0984. The van der Waals surface area contributed by atoms with Gasteiger partial charge in [-0.3, -0.25) is 4.79 Å². The van der Waals surface area contributed by atoms with Crippen molar-refractivity contribution < 1.29 is 4.79 Å². The van der Waals surface area contributed by atoms with Gasteiger partial charge < -0.3 is 5.32 Å². The van der Waals surface area contributed by atoms with Gasteiger partial charge in [0.05, 0.1) is 10.6 Å². The molecule has 0 bridgehead atoms. The number of anilines is 1. The second kappa shape index (κ2) is 5.59. The Morgan fingerprint density at radius 2 is 2.27 bits per heavy atom. The summed E-state index contributed by atoms with van der Waals surface area (Å²) in [6.45, 7) is 0.